The highest BCUT2D eigenvalue weighted by Crippen LogP contribution is 2.35. The molecule has 2 aliphatic rings. The van der Waals surface area contributed by atoms with Gasteiger partial charge < -0.3 is 14.6 Å². The van der Waals surface area contributed by atoms with Crippen LogP contribution in [0.1, 0.15) is 25.3 Å². The number of ether oxygens (including phenoxy) is 2. The number of fused-ring (bicyclic) bond motifs is 1. The standard InChI is InChI=1S/C23H18FN3O4S2.C2H4O2/c24-14-6-8-15(9-7-14)31-20-17(21(28)26-10-2-1-5-19(26)25-20)12-18-22(29)27(23(32)33-18)13-16-4-3-11-30-16;1-2(3)4/h1-2,5-10,12,16H,3-4,11,13H2;1H3,(H,3,4)/b18-12+;. The lowest BCUT2D eigenvalue weighted by atomic mass is 10.2. The lowest BCUT2D eigenvalue weighted by Gasteiger charge is -2.18. The van der Waals surface area contributed by atoms with Crippen molar-refractivity contribution in [1.29, 1.82) is 0 Å². The Balaban J connectivity index is 0.000000747. The number of carbonyl (C=O) groups excluding carboxylic acids is 1. The van der Waals surface area contributed by atoms with Crippen molar-refractivity contribution in [1.82, 2.24) is 14.3 Å². The van der Waals surface area contributed by atoms with Gasteiger partial charge in [-0.15, -0.1) is 0 Å². The Labute approximate surface area is 220 Å². The zero-order valence-corrected chi connectivity index (χ0v) is 21.3. The molecule has 4 heterocycles. The number of benzene rings is 1. The molecule has 192 valence electrons. The van der Waals surface area contributed by atoms with Gasteiger partial charge in [-0.2, -0.15) is 4.98 Å². The number of carboxylic acids is 1. The van der Waals surface area contributed by atoms with Gasteiger partial charge in [0.1, 0.15) is 27.1 Å². The van der Waals surface area contributed by atoms with Crippen LogP contribution >= 0.6 is 24.0 Å². The van der Waals surface area contributed by atoms with Gasteiger partial charge in [0.05, 0.1) is 17.6 Å². The number of aromatic nitrogens is 2. The van der Waals surface area contributed by atoms with Gasteiger partial charge in [-0.1, -0.05) is 30.0 Å². The number of hydrogen-bond acceptors (Lipinski definition) is 8. The summed E-state index contributed by atoms with van der Waals surface area (Å²) in [4.78, 5) is 41.6. The number of nitrogens with zero attached hydrogens (tertiary/aromatic N) is 3. The van der Waals surface area contributed by atoms with E-state index < -0.39 is 17.3 Å². The van der Waals surface area contributed by atoms with Gasteiger partial charge in [0.2, 0.25) is 5.88 Å². The van der Waals surface area contributed by atoms with E-state index in [2.05, 4.69) is 4.98 Å². The minimum absolute atomic E-state index is 0.0159. The van der Waals surface area contributed by atoms with E-state index in [1.54, 1.807) is 24.4 Å². The van der Waals surface area contributed by atoms with Gasteiger partial charge in [-0.25, -0.2) is 4.39 Å². The van der Waals surface area contributed by atoms with Crippen LogP contribution in [0.4, 0.5) is 4.39 Å². The first kappa shape index (κ1) is 26.5. The van der Waals surface area contributed by atoms with Crippen molar-refractivity contribution < 1.29 is 28.6 Å². The largest absolute Gasteiger partial charge is 0.481 e. The molecule has 9 nitrogen and oxygen atoms in total. The average Bonchev–Trinajstić information content (AvgIpc) is 3.46. The van der Waals surface area contributed by atoms with Crippen LogP contribution in [-0.4, -0.2) is 54.8 Å². The molecule has 0 saturated carbocycles. The van der Waals surface area contributed by atoms with E-state index in [-0.39, 0.29) is 23.5 Å². The molecule has 2 fully saturated rings. The molecule has 1 atom stereocenters. The zero-order chi connectivity index (χ0) is 26.5. The van der Waals surface area contributed by atoms with Crippen molar-refractivity contribution in [2.24, 2.45) is 0 Å². The number of aliphatic carboxylic acids is 1. The van der Waals surface area contributed by atoms with Gasteiger partial charge in [0.25, 0.3) is 17.4 Å². The first-order valence-corrected chi connectivity index (χ1v) is 12.5. The van der Waals surface area contributed by atoms with Crippen molar-refractivity contribution >= 4 is 51.9 Å². The normalized spacial score (nSPS) is 18.3. The Morgan fingerprint density at radius 3 is 2.70 bits per heavy atom. The summed E-state index contributed by atoms with van der Waals surface area (Å²) < 4.78 is 26.6. The topological polar surface area (TPSA) is 110 Å². The second kappa shape index (κ2) is 11.6. The second-order valence-corrected chi connectivity index (χ2v) is 9.74. The molecule has 12 heteroatoms. The summed E-state index contributed by atoms with van der Waals surface area (Å²) in [6.07, 6.45) is 4.84. The minimum atomic E-state index is -0.833. The zero-order valence-electron chi connectivity index (χ0n) is 19.6. The molecule has 2 aromatic heterocycles. The van der Waals surface area contributed by atoms with Crippen molar-refractivity contribution in [3.05, 3.63) is 75.3 Å². The number of hydrogen-bond donors (Lipinski definition) is 1. The molecular formula is C25H22FN3O6S2. The summed E-state index contributed by atoms with van der Waals surface area (Å²) in [5.41, 5.74) is 0.0745. The number of carboxylic acid groups (broad SMARTS) is 1. The maximum absolute atomic E-state index is 13.3. The maximum Gasteiger partial charge on any atom is 0.300 e. The van der Waals surface area contributed by atoms with Crippen molar-refractivity contribution in [3.8, 4) is 11.6 Å². The third-order valence-corrected chi connectivity index (χ3v) is 6.70. The van der Waals surface area contributed by atoms with Gasteiger partial charge in [0.15, 0.2) is 0 Å². The highest BCUT2D eigenvalue weighted by Gasteiger charge is 2.35. The smallest absolute Gasteiger partial charge is 0.300 e. The van der Waals surface area contributed by atoms with Crippen LogP contribution < -0.4 is 10.3 Å². The van der Waals surface area contributed by atoms with E-state index in [1.807, 2.05) is 0 Å². The summed E-state index contributed by atoms with van der Waals surface area (Å²) in [6.45, 7) is 2.15. The van der Waals surface area contributed by atoms with Gasteiger partial charge in [0, 0.05) is 19.7 Å². The molecule has 3 aromatic rings. The summed E-state index contributed by atoms with van der Waals surface area (Å²) in [6, 6.07) is 10.5. The Bertz CT molecular complexity index is 1430. The lowest BCUT2D eigenvalue weighted by Crippen LogP contribution is -2.35. The minimum Gasteiger partial charge on any atom is -0.481 e. The predicted octanol–water partition coefficient (Wildman–Crippen LogP) is 4.10. The van der Waals surface area contributed by atoms with E-state index in [9.17, 15) is 14.0 Å². The van der Waals surface area contributed by atoms with Gasteiger partial charge >= 0.3 is 0 Å². The number of thioether (sulfide) groups is 1. The van der Waals surface area contributed by atoms with Gasteiger partial charge in [-0.3, -0.25) is 23.7 Å². The van der Waals surface area contributed by atoms with Crippen LogP contribution in [-0.2, 0) is 14.3 Å². The third kappa shape index (κ3) is 6.40. The van der Waals surface area contributed by atoms with Crippen molar-refractivity contribution in [2.45, 2.75) is 25.9 Å². The monoisotopic (exact) mass is 543 g/mol. The summed E-state index contributed by atoms with van der Waals surface area (Å²) in [7, 11) is 0. The molecule has 2 saturated heterocycles. The number of pyridine rings is 1. The van der Waals surface area contributed by atoms with Crippen LogP contribution in [0.15, 0.2) is 58.4 Å². The van der Waals surface area contributed by atoms with Crippen LogP contribution in [0.25, 0.3) is 11.7 Å². The molecule has 1 unspecified atom stereocenters. The van der Waals surface area contributed by atoms with Crippen LogP contribution in [0, 0.1) is 5.82 Å². The first-order valence-electron chi connectivity index (χ1n) is 11.2. The summed E-state index contributed by atoms with van der Waals surface area (Å²) in [5, 5.41) is 7.42. The lowest BCUT2D eigenvalue weighted by molar-refractivity contribution is -0.134. The number of carbonyl (C=O) groups is 2. The molecular weight excluding hydrogens is 521 g/mol. The van der Waals surface area contributed by atoms with Crippen LogP contribution in [0.3, 0.4) is 0 Å². The van der Waals surface area contributed by atoms with E-state index in [0.29, 0.717) is 33.8 Å². The predicted molar refractivity (Wildman–Crippen MR) is 140 cm³/mol. The van der Waals surface area contributed by atoms with Crippen molar-refractivity contribution in [2.75, 3.05) is 13.2 Å². The van der Waals surface area contributed by atoms with E-state index >= 15 is 0 Å². The third-order valence-electron chi connectivity index (χ3n) is 5.32. The molecule has 37 heavy (non-hydrogen) atoms. The summed E-state index contributed by atoms with van der Waals surface area (Å²) in [5.74, 6) is -1.21. The van der Waals surface area contributed by atoms with Crippen molar-refractivity contribution in [3.63, 3.8) is 0 Å². The SMILES string of the molecule is CC(=O)O.O=C1/C(=C\c2c(Oc3ccc(F)cc3)nc3ccccn3c2=O)SC(=S)N1CC1CCCO1. The fraction of sp³-hybridized carbons (Fsp3) is 0.240. The highest BCUT2D eigenvalue weighted by molar-refractivity contribution is 8.26. The molecule has 5 rings (SSSR count). The van der Waals surface area contributed by atoms with Gasteiger partial charge in [-0.05, 0) is 55.3 Å². The Morgan fingerprint density at radius 1 is 1.30 bits per heavy atom. The number of halogens is 1. The molecule has 0 radical (unpaired) electrons. The Morgan fingerprint density at radius 2 is 2.03 bits per heavy atom. The maximum atomic E-state index is 13.3. The Hall–Kier alpha value is -3.61. The van der Waals surface area contributed by atoms with E-state index in [1.165, 1.54) is 39.6 Å². The highest BCUT2D eigenvalue weighted by atomic mass is 32.2. The second-order valence-electron chi connectivity index (χ2n) is 8.07. The molecule has 0 aliphatic carbocycles. The Kier molecular flexibility index (Phi) is 8.31. The van der Waals surface area contributed by atoms with E-state index in [0.717, 1.165) is 31.5 Å². The van der Waals surface area contributed by atoms with E-state index in [4.69, 9.17) is 31.6 Å². The number of rotatable bonds is 5. The van der Waals surface area contributed by atoms with Crippen LogP contribution in [0.5, 0.6) is 11.6 Å². The molecule has 1 aromatic carbocycles. The summed E-state index contributed by atoms with van der Waals surface area (Å²) >= 11 is 6.53. The molecule has 1 N–H and O–H groups in total. The molecule has 0 spiro atoms. The average molecular weight is 544 g/mol. The fourth-order valence-electron chi connectivity index (χ4n) is 3.68. The first-order chi connectivity index (χ1) is 17.7. The quantitative estimate of drug-likeness (QED) is 0.376. The van der Waals surface area contributed by atoms with Crippen LogP contribution in [0.2, 0.25) is 0 Å². The molecule has 2 aliphatic heterocycles. The molecule has 0 bridgehead atoms. The molecule has 1 amide bonds. The number of thiocarbonyl (C=S) groups is 1. The number of amides is 1. The fourth-order valence-corrected chi connectivity index (χ4v) is 4.94.